The first-order chi connectivity index (χ1) is 10.2. The van der Waals surface area contributed by atoms with E-state index < -0.39 is 0 Å². The van der Waals surface area contributed by atoms with Crippen molar-refractivity contribution in [2.45, 2.75) is 13.0 Å². The van der Waals surface area contributed by atoms with Crippen LogP contribution in [0.15, 0.2) is 48.5 Å². The van der Waals surface area contributed by atoms with Crippen molar-refractivity contribution in [3.05, 3.63) is 59.7 Å². The zero-order valence-electron chi connectivity index (χ0n) is 13.1. The summed E-state index contributed by atoms with van der Waals surface area (Å²) in [7, 11) is 5.81. The summed E-state index contributed by atoms with van der Waals surface area (Å²) in [5.41, 5.74) is 3.94. The normalized spacial score (nSPS) is 10.4. The molecule has 2 rings (SSSR count). The van der Waals surface area contributed by atoms with Gasteiger partial charge >= 0.3 is 0 Å². The summed E-state index contributed by atoms with van der Waals surface area (Å²) >= 11 is 0. The van der Waals surface area contributed by atoms with Gasteiger partial charge in [0.2, 0.25) is 0 Å². The van der Waals surface area contributed by atoms with Crippen LogP contribution in [0.3, 0.4) is 0 Å². The Morgan fingerprint density at radius 3 is 2.52 bits per heavy atom. The number of anilines is 1. The highest BCUT2D eigenvalue weighted by Gasteiger charge is 2.07. The van der Waals surface area contributed by atoms with Gasteiger partial charge in [0.25, 0.3) is 0 Å². The molecule has 0 bridgehead atoms. The van der Waals surface area contributed by atoms with Crippen molar-refractivity contribution in [2.75, 3.05) is 32.6 Å². The van der Waals surface area contributed by atoms with Gasteiger partial charge in [0.1, 0.15) is 5.75 Å². The Balaban J connectivity index is 2.13. The van der Waals surface area contributed by atoms with Crippen LogP contribution in [0.4, 0.5) is 5.69 Å². The van der Waals surface area contributed by atoms with Gasteiger partial charge in [-0.2, -0.15) is 0 Å². The van der Waals surface area contributed by atoms with Crippen LogP contribution >= 0.6 is 0 Å². The van der Waals surface area contributed by atoms with E-state index in [9.17, 15) is 0 Å². The number of nitrogens with zero attached hydrogens (tertiary/aromatic N) is 1. The zero-order valence-corrected chi connectivity index (χ0v) is 13.1. The molecule has 1 N–H and O–H groups in total. The van der Waals surface area contributed by atoms with Gasteiger partial charge in [-0.25, -0.2) is 0 Å². The summed E-state index contributed by atoms with van der Waals surface area (Å²) in [6.07, 6.45) is 1.05. The fourth-order valence-corrected chi connectivity index (χ4v) is 2.41. The maximum absolute atomic E-state index is 5.30. The number of hydrogen-bond acceptors (Lipinski definition) is 3. The average molecular weight is 284 g/mol. The third kappa shape index (κ3) is 4.23. The molecule has 0 spiro atoms. The third-order valence-corrected chi connectivity index (χ3v) is 3.66. The van der Waals surface area contributed by atoms with E-state index in [1.54, 1.807) is 7.11 Å². The molecule has 2 aromatic rings. The molecular weight excluding hydrogens is 260 g/mol. The standard InChI is InChI=1S/C18H24N2O/c1-19-12-11-15-7-4-5-8-16(15)14-20(2)17-9-6-10-18(13-17)21-3/h4-10,13,19H,11-12,14H2,1-3H3. The van der Waals surface area contributed by atoms with Gasteiger partial charge in [-0.05, 0) is 43.3 Å². The van der Waals surface area contributed by atoms with Crippen molar-refractivity contribution < 1.29 is 4.74 Å². The first-order valence-corrected chi connectivity index (χ1v) is 7.31. The van der Waals surface area contributed by atoms with Crippen molar-refractivity contribution >= 4 is 5.69 Å². The molecule has 0 saturated carbocycles. The first kappa shape index (κ1) is 15.4. The highest BCUT2D eigenvalue weighted by Crippen LogP contribution is 2.22. The summed E-state index contributed by atoms with van der Waals surface area (Å²) in [4.78, 5) is 2.25. The minimum atomic E-state index is 0.891. The van der Waals surface area contributed by atoms with Gasteiger partial charge in [0.05, 0.1) is 7.11 Å². The summed E-state index contributed by atoms with van der Waals surface area (Å²) in [6, 6.07) is 16.8. The summed E-state index contributed by atoms with van der Waals surface area (Å²) < 4.78 is 5.30. The minimum absolute atomic E-state index is 0.891. The summed E-state index contributed by atoms with van der Waals surface area (Å²) in [6.45, 7) is 1.90. The van der Waals surface area contributed by atoms with E-state index in [0.29, 0.717) is 0 Å². The van der Waals surface area contributed by atoms with Crippen molar-refractivity contribution in [1.29, 1.82) is 0 Å². The molecule has 0 fully saturated rings. The van der Waals surface area contributed by atoms with Crippen LogP contribution < -0.4 is 15.0 Å². The number of likely N-dealkylation sites (N-methyl/N-ethyl adjacent to an activating group) is 1. The lowest BCUT2D eigenvalue weighted by atomic mass is 10.0. The number of methoxy groups -OCH3 is 1. The van der Waals surface area contributed by atoms with Gasteiger partial charge in [-0.3, -0.25) is 0 Å². The molecule has 3 heteroatoms. The van der Waals surface area contributed by atoms with Gasteiger partial charge in [0.15, 0.2) is 0 Å². The topological polar surface area (TPSA) is 24.5 Å². The molecule has 0 atom stereocenters. The maximum Gasteiger partial charge on any atom is 0.120 e. The lowest BCUT2D eigenvalue weighted by molar-refractivity contribution is 0.415. The predicted molar refractivity (Wildman–Crippen MR) is 89.2 cm³/mol. The molecule has 2 aromatic carbocycles. The Bertz CT molecular complexity index is 569. The van der Waals surface area contributed by atoms with E-state index >= 15 is 0 Å². The molecule has 0 heterocycles. The molecule has 0 saturated heterocycles. The molecule has 0 aliphatic heterocycles. The Morgan fingerprint density at radius 2 is 1.81 bits per heavy atom. The van der Waals surface area contributed by atoms with Crippen LogP contribution in [0.25, 0.3) is 0 Å². The number of ether oxygens (including phenoxy) is 1. The van der Waals surface area contributed by atoms with Crippen molar-refractivity contribution in [3.8, 4) is 5.75 Å². The van der Waals surface area contributed by atoms with Crippen LogP contribution in [-0.4, -0.2) is 27.7 Å². The molecule has 0 aromatic heterocycles. The molecule has 112 valence electrons. The SMILES string of the molecule is CNCCc1ccccc1CN(C)c1cccc(OC)c1. The largest absolute Gasteiger partial charge is 0.497 e. The minimum Gasteiger partial charge on any atom is -0.497 e. The number of nitrogens with one attached hydrogen (secondary N) is 1. The molecule has 0 aliphatic carbocycles. The van der Waals surface area contributed by atoms with Crippen LogP contribution in [0.5, 0.6) is 5.75 Å². The monoisotopic (exact) mass is 284 g/mol. The number of benzene rings is 2. The van der Waals surface area contributed by atoms with E-state index in [-0.39, 0.29) is 0 Å². The Kier molecular flexibility index (Phi) is 5.64. The zero-order chi connectivity index (χ0) is 15.1. The molecule has 21 heavy (non-hydrogen) atoms. The Labute approximate surface area is 127 Å². The molecule has 3 nitrogen and oxygen atoms in total. The molecular formula is C18H24N2O. The summed E-state index contributed by atoms with van der Waals surface area (Å²) in [5, 5.41) is 3.21. The van der Waals surface area contributed by atoms with Crippen molar-refractivity contribution in [2.24, 2.45) is 0 Å². The van der Waals surface area contributed by atoms with E-state index in [0.717, 1.165) is 30.9 Å². The van der Waals surface area contributed by atoms with Crippen molar-refractivity contribution in [1.82, 2.24) is 5.32 Å². The molecule has 0 amide bonds. The van der Waals surface area contributed by atoms with Gasteiger partial charge in [0, 0.05) is 25.3 Å². The smallest absolute Gasteiger partial charge is 0.120 e. The van der Waals surface area contributed by atoms with Crippen LogP contribution in [0.1, 0.15) is 11.1 Å². The second-order valence-electron chi connectivity index (χ2n) is 5.18. The Hall–Kier alpha value is -2.00. The highest BCUT2D eigenvalue weighted by molar-refractivity contribution is 5.51. The second kappa shape index (κ2) is 7.70. The van der Waals surface area contributed by atoms with Crippen molar-refractivity contribution in [3.63, 3.8) is 0 Å². The van der Waals surface area contributed by atoms with E-state index in [1.807, 2.05) is 19.2 Å². The fourth-order valence-electron chi connectivity index (χ4n) is 2.41. The quantitative estimate of drug-likeness (QED) is 0.845. The van der Waals surface area contributed by atoms with E-state index in [2.05, 4.69) is 53.7 Å². The highest BCUT2D eigenvalue weighted by atomic mass is 16.5. The number of hydrogen-bond donors (Lipinski definition) is 1. The molecule has 0 radical (unpaired) electrons. The Morgan fingerprint density at radius 1 is 1.05 bits per heavy atom. The van der Waals surface area contributed by atoms with Gasteiger partial charge in [-0.15, -0.1) is 0 Å². The predicted octanol–water partition coefficient (Wildman–Crippen LogP) is 3.09. The van der Waals surface area contributed by atoms with Crippen LogP contribution in [0, 0.1) is 0 Å². The summed E-state index contributed by atoms with van der Waals surface area (Å²) in [5.74, 6) is 0.891. The van der Waals surface area contributed by atoms with Gasteiger partial charge < -0.3 is 15.0 Å². The fraction of sp³-hybridized carbons (Fsp3) is 0.333. The molecule has 0 unspecified atom stereocenters. The first-order valence-electron chi connectivity index (χ1n) is 7.31. The van der Waals surface area contributed by atoms with E-state index in [1.165, 1.54) is 11.1 Å². The average Bonchev–Trinajstić information content (AvgIpc) is 2.54. The van der Waals surface area contributed by atoms with Gasteiger partial charge in [-0.1, -0.05) is 30.3 Å². The van der Waals surface area contributed by atoms with Crippen LogP contribution in [-0.2, 0) is 13.0 Å². The lowest BCUT2D eigenvalue weighted by Gasteiger charge is -2.21. The van der Waals surface area contributed by atoms with Crippen LogP contribution in [0.2, 0.25) is 0 Å². The second-order valence-corrected chi connectivity index (χ2v) is 5.18. The molecule has 0 aliphatic rings. The number of rotatable bonds is 7. The third-order valence-electron chi connectivity index (χ3n) is 3.66. The van der Waals surface area contributed by atoms with E-state index in [4.69, 9.17) is 4.74 Å². The lowest BCUT2D eigenvalue weighted by Crippen LogP contribution is -2.18. The maximum atomic E-state index is 5.30.